The van der Waals surface area contributed by atoms with E-state index in [-0.39, 0.29) is 0 Å². The van der Waals surface area contributed by atoms with Crippen molar-refractivity contribution in [3.05, 3.63) is 42.0 Å². The van der Waals surface area contributed by atoms with E-state index in [2.05, 4.69) is 24.1 Å². The average Bonchev–Trinajstić information content (AvgIpc) is 3.22. The number of aromatic hydroxyl groups is 1. The van der Waals surface area contributed by atoms with Crippen LogP contribution in [0.15, 0.2) is 36.4 Å². The molecule has 2 aromatic rings. The van der Waals surface area contributed by atoms with Crippen molar-refractivity contribution in [3.63, 3.8) is 0 Å². The van der Waals surface area contributed by atoms with Crippen LogP contribution >= 0.6 is 0 Å². The van der Waals surface area contributed by atoms with Gasteiger partial charge in [-0.25, -0.2) is 0 Å². The zero-order valence-corrected chi connectivity index (χ0v) is 11.5. The van der Waals surface area contributed by atoms with Gasteiger partial charge >= 0.3 is 0 Å². The summed E-state index contributed by atoms with van der Waals surface area (Å²) < 4.78 is 0. The Labute approximate surface area is 114 Å². The Bertz CT molecular complexity index is 574. The SMILES string of the molecule is CN(CCc1ccc(O)c2ccccc12)CC1CC1. The molecule has 3 rings (SSSR count). The summed E-state index contributed by atoms with van der Waals surface area (Å²) in [6, 6.07) is 12.0. The van der Waals surface area contributed by atoms with Crippen LogP contribution in [0.5, 0.6) is 5.75 Å². The molecule has 2 aromatic carbocycles. The van der Waals surface area contributed by atoms with Gasteiger partial charge in [-0.2, -0.15) is 0 Å². The predicted molar refractivity (Wildman–Crippen MR) is 79.5 cm³/mol. The number of nitrogens with zero attached hydrogens (tertiary/aromatic N) is 1. The van der Waals surface area contributed by atoms with Crippen LogP contribution in [0, 0.1) is 5.92 Å². The maximum atomic E-state index is 9.89. The molecule has 0 saturated heterocycles. The Morgan fingerprint density at radius 2 is 1.84 bits per heavy atom. The van der Waals surface area contributed by atoms with Crippen molar-refractivity contribution >= 4 is 10.8 Å². The molecule has 19 heavy (non-hydrogen) atoms. The van der Waals surface area contributed by atoms with Gasteiger partial charge in [0, 0.05) is 18.5 Å². The fourth-order valence-corrected chi connectivity index (χ4v) is 2.71. The summed E-state index contributed by atoms with van der Waals surface area (Å²) in [4.78, 5) is 2.43. The van der Waals surface area contributed by atoms with Gasteiger partial charge in [-0.1, -0.05) is 30.3 Å². The van der Waals surface area contributed by atoms with Crippen LogP contribution in [0.4, 0.5) is 0 Å². The fourth-order valence-electron chi connectivity index (χ4n) is 2.71. The van der Waals surface area contributed by atoms with Crippen molar-refractivity contribution < 1.29 is 5.11 Å². The molecule has 100 valence electrons. The first-order chi connectivity index (χ1) is 9.24. The molecule has 0 bridgehead atoms. The van der Waals surface area contributed by atoms with E-state index in [1.54, 1.807) is 0 Å². The Morgan fingerprint density at radius 3 is 2.58 bits per heavy atom. The molecule has 1 aliphatic carbocycles. The third-order valence-electron chi connectivity index (χ3n) is 4.02. The second-order valence-corrected chi connectivity index (χ2v) is 5.75. The number of fused-ring (bicyclic) bond motifs is 1. The monoisotopic (exact) mass is 255 g/mol. The predicted octanol–water partition coefficient (Wildman–Crippen LogP) is 3.43. The molecule has 2 heteroatoms. The number of benzene rings is 2. The smallest absolute Gasteiger partial charge is 0.123 e. The van der Waals surface area contributed by atoms with Gasteiger partial charge in [0.1, 0.15) is 5.75 Å². The highest BCUT2D eigenvalue weighted by Crippen LogP contribution is 2.30. The number of likely N-dealkylation sites (N-methyl/N-ethyl adjacent to an activating group) is 1. The van der Waals surface area contributed by atoms with Crippen molar-refractivity contribution in [2.75, 3.05) is 20.1 Å². The van der Waals surface area contributed by atoms with E-state index >= 15 is 0 Å². The van der Waals surface area contributed by atoms with Gasteiger partial charge in [0.15, 0.2) is 0 Å². The van der Waals surface area contributed by atoms with Crippen molar-refractivity contribution in [2.24, 2.45) is 5.92 Å². The Balaban J connectivity index is 1.75. The van der Waals surface area contributed by atoms with Gasteiger partial charge in [-0.15, -0.1) is 0 Å². The van der Waals surface area contributed by atoms with Crippen LogP contribution in [0.2, 0.25) is 0 Å². The van der Waals surface area contributed by atoms with Gasteiger partial charge in [0.05, 0.1) is 0 Å². The van der Waals surface area contributed by atoms with Crippen molar-refractivity contribution in [1.82, 2.24) is 4.90 Å². The molecule has 0 amide bonds. The third kappa shape index (κ3) is 2.90. The molecule has 1 aliphatic rings. The molecule has 0 unspecified atom stereocenters. The lowest BCUT2D eigenvalue weighted by Gasteiger charge is -2.17. The average molecular weight is 255 g/mol. The summed E-state index contributed by atoms with van der Waals surface area (Å²) in [5.74, 6) is 1.33. The number of rotatable bonds is 5. The molecule has 0 spiro atoms. The zero-order chi connectivity index (χ0) is 13.2. The molecule has 0 radical (unpaired) electrons. The number of hydrogen-bond acceptors (Lipinski definition) is 2. The number of phenolic OH excluding ortho intramolecular Hbond substituents is 1. The lowest BCUT2D eigenvalue weighted by atomic mass is 10.0. The van der Waals surface area contributed by atoms with Gasteiger partial charge in [-0.3, -0.25) is 0 Å². The second kappa shape index (κ2) is 5.22. The van der Waals surface area contributed by atoms with E-state index in [4.69, 9.17) is 0 Å². The second-order valence-electron chi connectivity index (χ2n) is 5.75. The molecule has 1 fully saturated rings. The van der Waals surface area contributed by atoms with Gasteiger partial charge in [0.25, 0.3) is 0 Å². The van der Waals surface area contributed by atoms with Crippen LogP contribution in [0.3, 0.4) is 0 Å². The van der Waals surface area contributed by atoms with E-state index in [0.29, 0.717) is 5.75 Å². The Kier molecular flexibility index (Phi) is 3.43. The Morgan fingerprint density at radius 1 is 1.11 bits per heavy atom. The van der Waals surface area contributed by atoms with E-state index in [0.717, 1.165) is 24.3 Å². The molecular formula is C17H21NO. The quantitative estimate of drug-likeness (QED) is 0.884. The van der Waals surface area contributed by atoms with Crippen LogP contribution in [-0.4, -0.2) is 30.1 Å². The first kappa shape index (κ1) is 12.5. The first-order valence-corrected chi connectivity index (χ1v) is 7.12. The summed E-state index contributed by atoms with van der Waals surface area (Å²) in [5.41, 5.74) is 1.33. The normalized spacial score (nSPS) is 15.3. The van der Waals surface area contributed by atoms with Gasteiger partial charge in [0.2, 0.25) is 0 Å². The van der Waals surface area contributed by atoms with Gasteiger partial charge in [-0.05, 0) is 49.2 Å². The third-order valence-corrected chi connectivity index (χ3v) is 4.02. The van der Waals surface area contributed by atoms with Crippen LogP contribution in [0.1, 0.15) is 18.4 Å². The highest BCUT2D eigenvalue weighted by molar-refractivity contribution is 5.90. The van der Waals surface area contributed by atoms with E-state index in [9.17, 15) is 5.11 Å². The Hall–Kier alpha value is -1.54. The topological polar surface area (TPSA) is 23.5 Å². The van der Waals surface area contributed by atoms with Crippen molar-refractivity contribution in [3.8, 4) is 5.75 Å². The maximum Gasteiger partial charge on any atom is 0.123 e. The van der Waals surface area contributed by atoms with Crippen LogP contribution in [-0.2, 0) is 6.42 Å². The highest BCUT2D eigenvalue weighted by Gasteiger charge is 2.22. The van der Waals surface area contributed by atoms with E-state index in [1.807, 2.05) is 24.3 Å². The summed E-state index contributed by atoms with van der Waals surface area (Å²) in [6.45, 7) is 2.32. The standard InChI is InChI=1S/C17H21NO/c1-18(12-13-6-7-13)11-10-14-8-9-17(19)16-5-3-2-4-15(14)16/h2-5,8-9,13,19H,6-7,10-12H2,1H3. The van der Waals surface area contributed by atoms with Gasteiger partial charge < -0.3 is 10.0 Å². The minimum absolute atomic E-state index is 0.380. The summed E-state index contributed by atoms with van der Waals surface area (Å²) in [7, 11) is 2.21. The summed E-state index contributed by atoms with van der Waals surface area (Å²) in [6.07, 6.45) is 3.86. The molecule has 2 nitrogen and oxygen atoms in total. The molecule has 0 aromatic heterocycles. The van der Waals surface area contributed by atoms with E-state index < -0.39 is 0 Å². The molecule has 0 aliphatic heterocycles. The summed E-state index contributed by atoms with van der Waals surface area (Å²) >= 11 is 0. The molecule has 1 N–H and O–H groups in total. The van der Waals surface area contributed by atoms with E-state index in [1.165, 1.54) is 30.3 Å². The molecular weight excluding hydrogens is 234 g/mol. The summed E-state index contributed by atoms with van der Waals surface area (Å²) in [5, 5.41) is 12.0. The largest absolute Gasteiger partial charge is 0.507 e. The molecule has 0 atom stereocenters. The van der Waals surface area contributed by atoms with Crippen LogP contribution < -0.4 is 0 Å². The number of phenols is 1. The first-order valence-electron chi connectivity index (χ1n) is 7.12. The molecule has 1 saturated carbocycles. The lowest BCUT2D eigenvalue weighted by Crippen LogP contribution is -2.23. The molecule has 0 heterocycles. The lowest BCUT2D eigenvalue weighted by molar-refractivity contribution is 0.325. The van der Waals surface area contributed by atoms with Crippen molar-refractivity contribution in [1.29, 1.82) is 0 Å². The number of hydrogen-bond donors (Lipinski definition) is 1. The fraction of sp³-hybridized carbons (Fsp3) is 0.412. The maximum absolute atomic E-state index is 9.89. The minimum Gasteiger partial charge on any atom is -0.507 e. The highest BCUT2D eigenvalue weighted by atomic mass is 16.3. The minimum atomic E-state index is 0.380. The zero-order valence-electron chi connectivity index (χ0n) is 11.5. The van der Waals surface area contributed by atoms with Crippen molar-refractivity contribution in [2.45, 2.75) is 19.3 Å². The van der Waals surface area contributed by atoms with Crippen LogP contribution in [0.25, 0.3) is 10.8 Å².